The highest BCUT2D eigenvalue weighted by Gasteiger charge is 2.65. The Morgan fingerprint density at radius 2 is 1.93 bits per heavy atom. The lowest BCUT2D eigenvalue weighted by Crippen LogP contribution is -2.20. The average Bonchev–Trinajstić information content (AvgIpc) is 2.51. The van der Waals surface area contributed by atoms with Crippen LogP contribution in [0.25, 0.3) is 0 Å². The molecule has 0 atom stereocenters. The van der Waals surface area contributed by atoms with E-state index in [0.717, 1.165) is 0 Å². The Kier molecular flexibility index (Phi) is 1.93. The minimum atomic E-state index is -0.156. The van der Waals surface area contributed by atoms with Gasteiger partial charge in [-0.2, -0.15) is 0 Å². The lowest BCUT2D eigenvalue weighted by molar-refractivity contribution is 0.457. The molecule has 4 nitrogen and oxygen atoms in total. The third-order valence-corrected chi connectivity index (χ3v) is 4.01. The molecular weight excluding hydrogens is 190 g/mol. The molecule has 2 rings (SSSR count). The molecule has 82 valence electrons. The molecule has 0 bridgehead atoms. The summed E-state index contributed by atoms with van der Waals surface area (Å²) in [6.07, 6.45) is 3.13. The molecular formula is C11H17N3O. The van der Waals surface area contributed by atoms with Gasteiger partial charge in [0.2, 0.25) is 0 Å². The van der Waals surface area contributed by atoms with Gasteiger partial charge in [-0.05, 0) is 10.8 Å². The zero-order valence-electron chi connectivity index (χ0n) is 9.59. The summed E-state index contributed by atoms with van der Waals surface area (Å²) in [6.45, 7) is 8.78. The highest BCUT2D eigenvalue weighted by molar-refractivity contribution is 5.39. The van der Waals surface area contributed by atoms with Gasteiger partial charge in [-0.3, -0.25) is 4.79 Å². The summed E-state index contributed by atoms with van der Waals surface area (Å²) in [7, 11) is 0. The van der Waals surface area contributed by atoms with Crippen molar-refractivity contribution < 1.29 is 0 Å². The Bertz CT molecular complexity index is 419. The topological polar surface area (TPSA) is 57.8 Å². The number of aromatic amines is 1. The summed E-state index contributed by atoms with van der Waals surface area (Å²) >= 11 is 0. The van der Waals surface area contributed by atoms with Crippen LogP contribution in [0.3, 0.4) is 0 Å². The summed E-state index contributed by atoms with van der Waals surface area (Å²) < 4.78 is 0. The summed E-state index contributed by atoms with van der Waals surface area (Å²) in [6, 6.07) is 0.306. The van der Waals surface area contributed by atoms with Crippen molar-refractivity contribution in [1.82, 2.24) is 9.97 Å². The number of H-pyrrole nitrogens is 1. The Morgan fingerprint density at radius 3 is 2.40 bits per heavy atom. The second-order valence-electron chi connectivity index (χ2n) is 5.29. The van der Waals surface area contributed by atoms with E-state index in [9.17, 15) is 4.79 Å². The number of hydrogen-bond acceptors (Lipinski definition) is 3. The van der Waals surface area contributed by atoms with Crippen LogP contribution >= 0.6 is 0 Å². The first kappa shape index (κ1) is 10.2. The first-order valence-electron chi connectivity index (χ1n) is 5.17. The van der Waals surface area contributed by atoms with Crippen LogP contribution in [0.1, 0.15) is 27.7 Å². The predicted molar refractivity (Wildman–Crippen MR) is 59.8 cm³/mol. The van der Waals surface area contributed by atoms with Gasteiger partial charge in [0.25, 0.3) is 5.56 Å². The summed E-state index contributed by atoms with van der Waals surface area (Å²) in [4.78, 5) is 18.1. The van der Waals surface area contributed by atoms with Gasteiger partial charge < -0.3 is 10.3 Å². The Morgan fingerprint density at radius 1 is 1.33 bits per heavy atom. The number of nitrogens with one attached hydrogen (secondary N) is 2. The second-order valence-corrected chi connectivity index (χ2v) is 5.29. The fourth-order valence-corrected chi connectivity index (χ4v) is 2.15. The van der Waals surface area contributed by atoms with Crippen LogP contribution in [0.15, 0.2) is 17.2 Å². The highest BCUT2D eigenvalue weighted by atomic mass is 16.1. The zero-order valence-corrected chi connectivity index (χ0v) is 9.59. The van der Waals surface area contributed by atoms with Crippen LogP contribution in [-0.2, 0) is 0 Å². The molecule has 15 heavy (non-hydrogen) atoms. The Labute approximate surface area is 89.1 Å². The molecule has 1 fully saturated rings. The molecule has 0 unspecified atom stereocenters. The molecule has 0 spiro atoms. The van der Waals surface area contributed by atoms with Gasteiger partial charge in [0, 0.05) is 18.4 Å². The molecule has 1 aliphatic carbocycles. The quantitative estimate of drug-likeness (QED) is 0.774. The minimum Gasteiger partial charge on any atom is -0.362 e. The van der Waals surface area contributed by atoms with Gasteiger partial charge in [0.05, 0.1) is 0 Å². The molecule has 0 radical (unpaired) electrons. The predicted octanol–water partition coefficient (Wildman–Crippen LogP) is 1.62. The molecule has 1 aromatic heterocycles. The number of rotatable bonds is 2. The van der Waals surface area contributed by atoms with Crippen LogP contribution in [0.5, 0.6) is 0 Å². The number of aromatic nitrogens is 2. The van der Waals surface area contributed by atoms with Gasteiger partial charge in [-0.25, -0.2) is 4.98 Å². The maximum atomic E-state index is 11.4. The maximum absolute atomic E-state index is 11.4. The van der Waals surface area contributed by atoms with Gasteiger partial charge in [-0.15, -0.1) is 0 Å². The summed E-state index contributed by atoms with van der Waals surface area (Å²) in [5.41, 5.74) is 0.254. The number of hydrogen-bond donors (Lipinski definition) is 2. The van der Waals surface area contributed by atoms with Gasteiger partial charge in [0.1, 0.15) is 0 Å². The van der Waals surface area contributed by atoms with E-state index in [1.165, 1.54) is 6.20 Å². The first-order valence-corrected chi connectivity index (χ1v) is 5.17. The number of nitrogens with zero attached hydrogens (tertiary/aromatic N) is 1. The van der Waals surface area contributed by atoms with Crippen molar-refractivity contribution >= 4 is 5.82 Å². The van der Waals surface area contributed by atoms with Crippen molar-refractivity contribution in [3.8, 4) is 0 Å². The SMILES string of the molecule is CC1(C)C(Nc2ncc[nH]c2=O)C1(C)C. The van der Waals surface area contributed by atoms with Crippen LogP contribution in [-0.4, -0.2) is 16.0 Å². The summed E-state index contributed by atoms with van der Waals surface area (Å²) in [5.74, 6) is 0.418. The molecule has 0 saturated heterocycles. The molecule has 0 aliphatic heterocycles. The smallest absolute Gasteiger partial charge is 0.290 e. The monoisotopic (exact) mass is 207 g/mol. The van der Waals surface area contributed by atoms with Crippen molar-refractivity contribution in [3.05, 3.63) is 22.7 Å². The molecule has 0 aromatic carbocycles. The van der Waals surface area contributed by atoms with E-state index in [1.807, 2.05) is 0 Å². The van der Waals surface area contributed by atoms with Gasteiger partial charge >= 0.3 is 0 Å². The lowest BCUT2D eigenvalue weighted by atomic mass is 10.0. The van der Waals surface area contributed by atoms with E-state index in [1.54, 1.807) is 6.20 Å². The largest absolute Gasteiger partial charge is 0.362 e. The maximum Gasteiger partial charge on any atom is 0.290 e. The van der Waals surface area contributed by atoms with E-state index in [-0.39, 0.29) is 16.4 Å². The first-order chi connectivity index (χ1) is 6.87. The standard InChI is InChI=1S/C11H17N3O/c1-10(2)9(11(10,3)4)14-7-8(15)13-6-5-12-7/h5-6,9H,1-4H3,(H,12,14)(H,13,15). The lowest BCUT2D eigenvalue weighted by Gasteiger charge is -2.05. The average molecular weight is 207 g/mol. The highest BCUT2D eigenvalue weighted by Crippen LogP contribution is 2.63. The van der Waals surface area contributed by atoms with Crippen molar-refractivity contribution in [2.24, 2.45) is 10.8 Å². The molecule has 4 heteroatoms. The van der Waals surface area contributed by atoms with E-state index in [2.05, 4.69) is 43.0 Å². The fraction of sp³-hybridized carbons (Fsp3) is 0.636. The third kappa shape index (κ3) is 1.35. The molecule has 1 heterocycles. The molecule has 2 N–H and O–H groups in total. The second kappa shape index (κ2) is 2.84. The summed E-state index contributed by atoms with van der Waals surface area (Å²) in [5, 5.41) is 3.21. The fourth-order valence-electron chi connectivity index (χ4n) is 2.15. The van der Waals surface area contributed by atoms with E-state index < -0.39 is 0 Å². The van der Waals surface area contributed by atoms with Gasteiger partial charge in [-0.1, -0.05) is 27.7 Å². The van der Waals surface area contributed by atoms with Crippen LogP contribution in [0.2, 0.25) is 0 Å². The zero-order chi connectivity index (χ0) is 11.3. The van der Waals surface area contributed by atoms with E-state index in [0.29, 0.717) is 11.9 Å². The Hall–Kier alpha value is -1.32. The van der Waals surface area contributed by atoms with Crippen molar-refractivity contribution in [2.75, 3.05) is 5.32 Å². The molecule has 0 amide bonds. The van der Waals surface area contributed by atoms with Crippen LogP contribution in [0.4, 0.5) is 5.82 Å². The minimum absolute atomic E-state index is 0.156. The van der Waals surface area contributed by atoms with Crippen molar-refractivity contribution in [1.29, 1.82) is 0 Å². The van der Waals surface area contributed by atoms with E-state index in [4.69, 9.17) is 0 Å². The van der Waals surface area contributed by atoms with Gasteiger partial charge in [0.15, 0.2) is 5.82 Å². The third-order valence-electron chi connectivity index (χ3n) is 4.01. The molecule has 1 aliphatic rings. The van der Waals surface area contributed by atoms with E-state index >= 15 is 0 Å². The van der Waals surface area contributed by atoms with Crippen molar-refractivity contribution in [3.63, 3.8) is 0 Å². The number of anilines is 1. The van der Waals surface area contributed by atoms with Crippen molar-refractivity contribution in [2.45, 2.75) is 33.7 Å². The van der Waals surface area contributed by atoms with Crippen LogP contribution in [0, 0.1) is 10.8 Å². The molecule has 1 saturated carbocycles. The van der Waals surface area contributed by atoms with Crippen LogP contribution < -0.4 is 10.9 Å². The normalized spacial score (nSPS) is 22.4. The Balaban J connectivity index is 2.20. The molecule has 1 aromatic rings.